The number of nitrogens with one attached hydrogen (secondary N) is 2. The number of hydrogen-bond acceptors (Lipinski definition) is 4. The molecule has 0 aliphatic rings. The number of rotatable bonds is 8. The van der Waals surface area contributed by atoms with Crippen LogP contribution in [0.1, 0.15) is 28.0 Å². The van der Waals surface area contributed by atoms with Crippen molar-refractivity contribution in [1.29, 1.82) is 0 Å². The second-order valence-electron chi connectivity index (χ2n) is 6.60. The Balaban J connectivity index is 1.58. The van der Waals surface area contributed by atoms with Crippen LogP contribution >= 0.6 is 0 Å². The summed E-state index contributed by atoms with van der Waals surface area (Å²) in [6.45, 7) is 2.63. The van der Waals surface area contributed by atoms with Gasteiger partial charge in [-0.3, -0.25) is 9.78 Å². The minimum atomic E-state index is -0.173. The quantitative estimate of drug-likeness (QED) is 0.569. The molecule has 3 aromatic rings. The van der Waals surface area contributed by atoms with E-state index in [-0.39, 0.29) is 5.91 Å². The molecule has 1 aromatic heterocycles. The summed E-state index contributed by atoms with van der Waals surface area (Å²) in [6.07, 6.45) is 3.45. The Morgan fingerprint density at radius 3 is 2.68 bits per heavy atom. The van der Waals surface area contributed by atoms with Crippen LogP contribution in [0.15, 0.2) is 66.9 Å². The third-order valence-corrected chi connectivity index (χ3v) is 4.40. The van der Waals surface area contributed by atoms with Gasteiger partial charge in [-0.15, -0.1) is 0 Å². The van der Waals surface area contributed by atoms with Crippen LogP contribution in [-0.2, 0) is 6.42 Å². The number of amides is 1. The summed E-state index contributed by atoms with van der Waals surface area (Å²) in [5.74, 6) is 0.572. The van der Waals surface area contributed by atoms with Crippen LogP contribution in [0, 0.1) is 6.92 Å². The molecule has 0 radical (unpaired) electrons. The van der Waals surface area contributed by atoms with Gasteiger partial charge in [-0.2, -0.15) is 0 Å². The van der Waals surface area contributed by atoms with Gasteiger partial charge in [0.2, 0.25) is 0 Å². The topological polar surface area (TPSA) is 63.2 Å². The number of benzene rings is 2. The lowest BCUT2D eigenvalue weighted by Gasteiger charge is -2.12. The molecule has 144 valence electrons. The molecule has 28 heavy (non-hydrogen) atoms. The fourth-order valence-electron chi connectivity index (χ4n) is 2.94. The van der Waals surface area contributed by atoms with Crippen LogP contribution in [0.3, 0.4) is 0 Å². The average Bonchev–Trinajstić information content (AvgIpc) is 2.72. The summed E-state index contributed by atoms with van der Waals surface area (Å²) in [5.41, 5.74) is 4.41. The summed E-state index contributed by atoms with van der Waals surface area (Å²) >= 11 is 0. The van der Waals surface area contributed by atoms with E-state index in [4.69, 9.17) is 4.74 Å². The van der Waals surface area contributed by atoms with Crippen molar-refractivity contribution in [2.24, 2.45) is 0 Å². The second kappa shape index (κ2) is 9.55. The van der Waals surface area contributed by atoms with Crippen LogP contribution in [0.4, 0.5) is 11.4 Å². The fraction of sp³-hybridized carbons (Fsp3) is 0.217. The molecule has 0 atom stereocenters. The molecule has 0 saturated carbocycles. The van der Waals surface area contributed by atoms with Gasteiger partial charge in [0.25, 0.3) is 5.91 Å². The van der Waals surface area contributed by atoms with E-state index in [1.807, 2.05) is 49.4 Å². The van der Waals surface area contributed by atoms with Gasteiger partial charge >= 0.3 is 0 Å². The van der Waals surface area contributed by atoms with Gasteiger partial charge in [0.05, 0.1) is 12.8 Å². The van der Waals surface area contributed by atoms with Crippen molar-refractivity contribution in [1.82, 2.24) is 10.3 Å². The Labute approximate surface area is 165 Å². The van der Waals surface area contributed by atoms with E-state index in [1.54, 1.807) is 19.4 Å². The molecular weight excluding hydrogens is 350 g/mol. The lowest BCUT2D eigenvalue weighted by atomic mass is 10.1. The van der Waals surface area contributed by atoms with Gasteiger partial charge in [0, 0.05) is 18.4 Å². The maximum Gasteiger partial charge on any atom is 0.269 e. The first-order valence-electron chi connectivity index (χ1n) is 9.35. The van der Waals surface area contributed by atoms with Crippen molar-refractivity contribution in [2.45, 2.75) is 19.8 Å². The van der Waals surface area contributed by atoms with Crippen molar-refractivity contribution in [3.63, 3.8) is 0 Å². The Bertz CT molecular complexity index is 926. The normalized spacial score (nSPS) is 10.4. The van der Waals surface area contributed by atoms with Crippen molar-refractivity contribution < 1.29 is 9.53 Å². The summed E-state index contributed by atoms with van der Waals surface area (Å²) in [7, 11) is 1.64. The Morgan fingerprint density at radius 1 is 1.07 bits per heavy atom. The average molecular weight is 375 g/mol. The van der Waals surface area contributed by atoms with Gasteiger partial charge < -0.3 is 15.4 Å². The van der Waals surface area contributed by atoms with Gasteiger partial charge in [-0.1, -0.05) is 36.4 Å². The lowest BCUT2D eigenvalue weighted by Crippen LogP contribution is -2.25. The third-order valence-electron chi connectivity index (χ3n) is 4.40. The molecule has 0 unspecified atom stereocenters. The number of aryl methyl sites for hydroxylation is 2. The zero-order valence-electron chi connectivity index (χ0n) is 16.2. The molecule has 1 amide bonds. The summed E-state index contributed by atoms with van der Waals surface area (Å²) < 4.78 is 5.39. The van der Waals surface area contributed by atoms with Crippen LogP contribution < -0.4 is 15.4 Å². The maximum absolute atomic E-state index is 12.4. The zero-order chi connectivity index (χ0) is 19.8. The van der Waals surface area contributed by atoms with E-state index in [0.29, 0.717) is 12.2 Å². The molecule has 5 heteroatoms. The Kier molecular flexibility index (Phi) is 6.63. The molecule has 5 nitrogen and oxygen atoms in total. The standard InChI is InChI=1S/C23H25N3O2/c1-17-10-11-22(28-2)20(15-17)26-19-12-14-24-21(16-19)23(27)25-13-6-9-18-7-4-3-5-8-18/h3-5,7-8,10-12,14-16H,6,9,13H2,1-2H3,(H,24,26)(H,25,27). The van der Waals surface area contributed by atoms with E-state index in [9.17, 15) is 4.79 Å². The van der Waals surface area contributed by atoms with E-state index < -0.39 is 0 Å². The number of methoxy groups -OCH3 is 1. The molecule has 1 heterocycles. The Hall–Kier alpha value is -3.34. The molecule has 0 saturated heterocycles. The fourth-order valence-corrected chi connectivity index (χ4v) is 2.94. The summed E-state index contributed by atoms with van der Waals surface area (Å²) in [6, 6.07) is 19.7. The van der Waals surface area contributed by atoms with Crippen molar-refractivity contribution >= 4 is 17.3 Å². The van der Waals surface area contributed by atoms with Gasteiger partial charge in [0.1, 0.15) is 11.4 Å². The smallest absolute Gasteiger partial charge is 0.269 e. The van der Waals surface area contributed by atoms with Crippen LogP contribution in [0.25, 0.3) is 0 Å². The number of pyridine rings is 1. The number of anilines is 2. The molecule has 0 bridgehead atoms. The highest BCUT2D eigenvalue weighted by molar-refractivity contribution is 5.93. The number of nitrogens with zero attached hydrogens (tertiary/aromatic N) is 1. The highest BCUT2D eigenvalue weighted by Crippen LogP contribution is 2.28. The largest absolute Gasteiger partial charge is 0.495 e. The highest BCUT2D eigenvalue weighted by atomic mass is 16.5. The number of hydrogen-bond donors (Lipinski definition) is 2. The molecule has 2 aromatic carbocycles. The first kappa shape index (κ1) is 19.4. The highest BCUT2D eigenvalue weighted by Gasteiger charge is 2.09. The van der Waals surface area contributed by atoms with Crippen LogP contribution in [0.5, 0.6) is 5.75 Å². The van der Waals surface area contributed by atoms with Gasteiger partial charge in [-0.05, 0) is 55.2 Å². The predicted molar refractivity (Wildman–Crippen MR) is 112 cm³/mol. The van der Waals surface area contributed by atoms with E-state index in [2.05, 4.69) is 27.8 Å². The molecular formula is C23H25N3O2. The summed E-state index contributed by atoms with van der Waals surface area (Å²) in [4.78, 5) is 16.6. The van der Waals surface area contributed by atoms with Gasteiger partial charge in [-0.25, -0.2) is 0 Å². The second-order valence-corrected chi connectivity index (χ2v) is 6.60. The molecule has 3 rings (SSSR count). The van der Waals surface area contributed by atoms with Crippen LogP contribution in [-0.4, -0.2) is 24.5 Å². The summed E-state index contributed by atoms with van der Waals surface area (Å²) in [5, 5.41) is 6.24. The predicted octanol–water partition coefficient (Wildman–Crippen LogP) is 4.50. The first-order chi connectivity index (χ1) is 13.7. The van der Waals surface area contributed by atoms with Crippen LogP contribution in [0.2, 0.25) is 0 Å². The number of aromatic nitrogens is 1. The SMILES string of the molecule is COc1ccc(C)cc1Nc1ccnc(C(=O)NCCCc2ccccc2)c1. The molecule has 0 aliphatic carbocycles. The van der Waals surface area contributed by atoms with E-state index in [0.717, 1.165) is 35.5 Å². The first-order valence-corrected chi connectivity index (χ1v) is 9.35. The van der Waals surface area contributed by atoms with E-state index >= 15 is 0 Å². The van der Waals surface area contributed by atoms with Crippen molar-refractivity contribution in [3.05, 3.63) is 83.7 Å². The Morgan fingerprint density at radius 2 is 1.89 bits per heavy atom. The third kappa shape index (κ3) is 5.33. The van der Waals surface area contributed by atoms with Crippen molar-refractivity contribution in [3.8, 4) is 5.75 Å². The molecule has 0 aliphatic heterocycles. The monoisotopic (exact) mass is 375 g/mol. The van der Waals surface area contributed by atoms with Crippen molar-refractivity contribution in [2.75, 3.05) is 19.0 Å². The van der Waals surface area contributed by atoms with E-state index in [1.165, 1.54) is 5.56 Å². The minimum absolute atomic E-state index is 0.173. The number of carbonyl (C=O) groups is 1. The maximum atomic E-state index is 12.4. The number of carbonyl (C=O) groups excluding carboxylic acids is 1. The lowest BCUT2D eigenvalue weighted by molar-refractivity contribution is 0.0948. The van der Waals surface area contributed by atoms with Gasteiger partial charge in [0.15, 0.2) is 0 Å². The molecule has 0 fully saturated rings. The molecule has 0 spiro atoms. The minimum Gasteiger partial charge on any atom is -0.495 e. The molecule has 2 N–H and O–H groups in total. The number of ether oxygens (including phenoxy) is 1. The zero-order valence-corrected chi connectivity index (χ0v) is 16.2.